The van der Waals surface area contributed by atoms with Crippen LogP contribution in [0, 0.1) is 0 Å². The summed E-state index contributed by atoms with van der Waals surface area (Å²) in [7, 11) is 0. The molecule has 0 N–H and O–H groups in total. The van der Waals surface area contributed by atoms with E-state index in [0.717, 1.165) is 35.2 Å². The van der Waals surface area contributed by atoms with Gasteiger partial charge in [-0.05, 0) is 48.7 Å². The Bertz CT molecular complexity index is 1060. The average molecular weight is 341 g/mol. The fourth-order valence-corrected chi connectivity index (χ4v) is 3.78. The summed E-state index contributed by atoms with van der Waals surface area (Å²) in [5, 5.41) is 5.66. The van der Waals surface area contributed by atoms with Crippen molar-refractivity contribution in [3.05, 3.63) is 84.8 Å². The second-order valence-corrected chi connectivity index (χ2v) is 6.58. The van der Waals surface area contributed by atoms with Crippen LogP contribution in [0.1, 0.15) is 25.8 Å². The first-order chi connectivity index (χ1) is 13.3. The number of benzene rings is 2. The van der Waals surface area contributed by atoms with Crippen LogP contribution in [0.25, 0.3) is 16.6 Å². The molecule has 0 aliphatic carbocycles. The van der Waals surface area contributed by atoms with Crippen molar-refractivity contribution in [2.75, 3.05) is 11.4 Å². The predicted molar refractivity (Wildman–Crippen MR) is 105 cm³/mol. The molecule has 2 aromatic carbocycles. The summed E-state index contributed by atoms with van der Waals surface area (Å²) in [6, 6.07) is 20.9. The van der Waals surface area contributed by atoms with Crippen LogP contribution >= 0.6 is 0 Å². The summed E-state index contributed by atoms with van der Waals surface area (Å²) < 4.78 is 10.5. The van der Waals surface area contributed by atoms with Crippen molar-refractivity contribution in [2.24, 2.45) is 0 Å². The molecule has 0 spiro atoms. The fraction of sp³-hybridized carbons (Fsp3) is 0.182. The van der Waals surface area contributed by atoms with Crippen LogP contribution in [0.5, 0.6) is 0 Å². The highest BCUT2D eigenvalue weighted by Gasteiger charge is 2.26. The molecule has 1 saturated heterocycles. The third kappa shape index (κ3) is 2.54. The highest BCUT2D eigenvalue weighted by atomic mass is 15.3. The Morgan fingerprint density at radius 2 is 1.81 bits per heavy atom. The number of aromatic nitrogens is 3. The van der Waals surface area contributed by atoms with Crippen LogP contribution in [0.2, 0.25) is 0 Å². The molecular formula is C22H20N4. The first kappa shape index (κ1) is 14.1. The number of nitrogens with zero attached hydrogens (tertiary/aromatic N) is 4. The van der Waals surface area contributed by atoms with Gasteiger partial charge in [-0.3, -0.25) is 4.98 Å². The Kier molecular flexibility index (Phi) is 3.41. The Labute approximate surface area is 154 Å². The van der Waals surface area contributed by atoms with E-state index in [2.05, 4.69) is 57.4 Å². The molecule has 26 heavy (non-hydrogen) atoms. The van der Waals surface area contributed by atoms with Gasteiger partial charge in [0, 0.05) is 31.4 Å². The van der Waals surface area contributed by atoms with Crippen LogP contribution in [0.15, 0.2) is 79.3 Å². The molecule has 4 heteroatoms. The summed E-state index contributed by atoms with van der Waals surface area (Å²) in [5.74, 6) is 0. The van der Waals surface area contributed by atoms with Gasteiger partial charge >= 0.3 is 0 Å². The molecule has 4 aromatic rings. The lowest BCUT2D eigenvalue weighted by atomic mass is 10.0. The molecule has 0 saturated carbocycles. The van der Waals surface area contributed by atoms with Crippen molar-refractivity contribution < 1.29 is 1.37 Å². The molecule has 0 bridgehead atoms. The van der Waals surface area contributed by atoms with Crippen LogP contribution in [0.4, 0.5) is 5.69 Å². The molecule has 0 amide bonds. The normalized spacial score (nSPS) is 20.5. The summed E-state index contributed by atoms with van der Waals surface area (Å²) in [4.78, 5) is 6.44. The first-order valence-electron chi connectivity index (χ1n) is 9.51. The molecule has 4 nitrogen and oxygen atoms in total. The van der Waals surface area contributed by atoms with Gasteiger partial charge in [0.05, 0.1) is 23.4 Å². The monoisotopic (exact) mass is 341 g/mol. The average Bonchev–Trinajstić information content (AvgIpc) is 3.32. The van der Waals surface area contributed by atoms with Gasteiger partial charge in [0.1, 0.15) is 0 Å². The van der Waals surface area contributed by atoms with Gasteiger partial charge < -0.3 is 4.90 Å². The Balaban J connectivity index is 1.54. The smallest absolute Gasteiger partial charge is 0.0742 e. The highest BCUT2D eigenvalue weighted by molar-refractivity contribution is 5.84. The van der Waals surface area contributed by atoms with Crippen LogP contribution in [0.3, 0.4) is 0 Å². The van der Waals surface area contributed by atoms with Crippen molar-refractivity contribution in [1.29, 1.82) is 0 Å². The van der Waals surface area contributed by atoms with E-state index in [-0.39, 0.29) is 12.4 Å². The molecule has 3 heterocycles. The van der Waals surface area contributed by atoms with E-state index in [1.165, 1.54) is 5.56 Å². The highest BCUT2D eigenvalue weighted by Crippen LogP contribution is 2.37. The maximum atomic E-state index is 8.52. The third-order valence-corrected chi connectivity index (χ3v) is 5.03. The number of fused-ring (bicyclic) bond motifs is 1. The van der Waals surface area contributed by atoms with Crippen molar-refractivity contribution in [3.63, 3.8) is 0 Å². The van der Waals surface area contributed by atoms with Crippen LogP contribution in [-0.2, 0) is 0 Å². The summed E-state index contributed by atoms with van der Waals surface area (Å²) >= 11 is 0. The summed E-state index contributed by atoms with van der Waals surface area (Å²) in [6.45, 7) is 0.901. The Hall–Kier alpha value is -3.14. The van der Waals surface area contributed by atoms with Crippen molar-refractivity contribution in [2.45, 2.75) is 18.9 Å². The first-order valence-corrected chi connectivity index (χ1v) is 8.93. The van der Waals surface area contributed by atoms with E-state index >= 15 is 0 Å². The van der Waals surface area contributed by atoms with Crippen LogP contribution in [-0.4, -0.2) is 21.3 Å². The van der Waals surface area contributed by atoms with E-state index < -0.39 is 0 Å². The minimum absolute atomic E-state index is 0.0962. The lowest BCUT2D eigenvalue weighted by Crippen LogP contribution is -2.22. The molecule has 0 radical (unpaired) electrons. The van der Waals surface area contributed by atoms with E-state index in [1.54, 1.807) is 12.4 Å². The SMILES string of the molecule is [2H]C1CCN(c2ccc3c(cnn3-c3ccncc3)c2)C1c1ccccc1. The van der Waals surface area contributed by atoms with E-state index in [9.17, 15) is 0 Å². The summed E-state index contributed by atoms with van der Waals surface area (Å²) in [5.41, 5.74) is 4.44. The van der Waals surface area contributed by atoms with Gasteiger partial charge in [-0.15, -0.1) is 0 Å². The number of rotatable bonds is 3. The van der Waals surface area contributed by atoms with Gasteiger partial charge in [-0.1, -0.05) is 30.3 Å². The fourth-order valence-electron chi connectivity index (χ4n) is 3.78. The molecular weight excluding hydrogens is 320 g/mol. The van der Waals surface area contributed by atoms with Gasteiger partial charge in [0.25, 0.3) is 0 Å². The number of anilines is 1. The van der Waals surface area contributed by atoms with Gasteiger partial charge in [-0.25, -0.2) is 4.68 Å². The zero-order chi connectivity index (χ0) is 18.2. The standard InChI is InChI=1S/C22H20N4/c1-2-5-17(6-3-1)21-7-4-14-25(21)20-8-9-22-18(15-20)16-24-26(22)19-10-12-23-13-11-19/h1-3,5-6,8-13,15-16,21H,4,7,14H2/i7D. The molecule has 1 aliphatic rings. The summed E-state index contributed by atoms with van der Waals surface area (Å²) in [6.07, 6.45) is 6.24. The van der Waals surface area contributed by atoms with Crippen LogP contribution < -0.4 is 4.90 Å². The minimum Gasteiger partial charge on any atom is -0.364 e. The molecule has 2 aromatic heterocycles. The van der Waals surface area contributed by atoms with Gasteiger partial charge in [0.15, 0.2) is 0 Å². The largest absolute Gasteiger partial charge is 0.364 e. The maximum absolute atomic E-state index is 8.52. The predicted octanol–water partition coefficient (Wildman–Crippen LogP) is 4.76. The third-order valence-electron chi connectivity index (χ3n) is 5.03. The lowest BCUT2D eigenvalue weighted by Gasteiger charge is -2.27. The number of hydrogen-bond acceptors (Lipinski definition) is 3. The second kappa shape index (κ2) is 6.30. The van der Waals surface area contributed by atoms with E-state index in [1.807, 2.05) is 29.1 Å². The van der Waals surface area contributed by atoms with Gasteiger partial charge in [0.2, 0.25) is 0 Å². The van der Waals surface area contributed by atoms with Crippen molar-refractivity contribution in [3.8, 4) is 5.69 Å². The molecule has 2 unspecified atom stereocenters. The quantitative estimate of drug-likeness (QED) is 0.539. The topological polar surface area (TPSA) is 34.0 Å². The molecule has 1 aliphatic heterocycles. The molecule has 5 rings (SSSR count). The molecule has 1 fully saturated rings. The minimum atomic E-state index is -0.109. The number of hydrogen-bond donors (Lipinski definition) is 0. The van der Waals surface area contributed by atoms with Gasteiger partial charge in [-0.2, -0.15) is 5.10 Å². The van der Waals surface area contributed by atoms with E-state index in [0.29, 0.717) is 0 Å². The van der Waals surface area contributed by atoms with Crippen molar-refractivity contribution >= 4 is 16.6 Å². The number of pyridine rings is 1. The zero-order valence-corrected chi connectivity index (χ0v) is 14.4. The Morgan fingerprint density at radius 1 is 0.962 bits per heavy atom. The van der Waals surface area contributed by atoms with E-state index in [4.69, 9.17) is 1.37 Å². The maximum Gasteiger partial charge on any atom is 0.0742 e. The zero-order valence-electron chi connectivity index (χ0n) is 15.4. The Morgan fingerprint density at radius 3 is 2.65 bits per heavy atom. The molecule has 2 atom stereocenters. The van der Waals surface area contributed by atoms with Crippen molar-refractivity contribution in [1.82, 2.24) is 14.8 Å². The molecule has 128 valence electrons. The lowest BCUT2D eigenvalue weighted by molar-refractivity contribution is 0.719. The second-order valence-electron chi connectivity index (χ2n) is 6.58.